The van der Waals surface area contributed by atoms with E-state index in [0.717, 1.165) is 47.8 Å². The first kappa shape index (κ1) is 17.1. The SMILES string of the molecule is c1ccc(-c2cc3c(N4CCCC(c5nncn5C5CC5)C4)ncnc3s2)cc1. The summed E-state index contributed by atoms with van der Waals surface area (Å²) in [6.07, 6.45) is 8.44. The lowest BCUT2D eigenvalue weighted by Gasteiger charge is -2.33. The number of thiophene rings is 1. The van der Waals surface area contributed by atoms with Crippen molar-refractivity contribution >= 4 is 27.4 Å². The van der Waals surface area contributed by atoms with Crippen LogP contribution in [0.2, 0.25) is 0 Å². The van der Waals surface area contributed by atoms with Crippen molar-refractivity contribution in [3.63, 3.8) is 0 Å². The zero-order valence-corrected chi connectivity index (χ0v) is 16.9. The maximum absolute atomic E-state index is 4.70. The number of benzene rings is 1. The summed E-state index contributed by atoms with van der Waals surface area (Å²) >= 11 is 1.74. The number of fused-ring (bicyclic) bond motifs is 1. The Balaban J connectivity index is 1.34. The first-order chi connectivity index (χ1) is 14.4. The molecule has 1 aliphatic heterocycles. The molecule has 29 heavy (non-hydrogen) atoms. The van der Waals surface area contributed by atoms with Crippen molar-refractivity contribution in [2.75, 3.05) is 18.0 Å². The van der Waals surface area contributed by atoms with Crippen LogP contribution >= 0.6 is 11.3 Å². The van der Waals surface area contributed by atoms with Gasteiger partial charge in [0.25, 0.3) is 0 Å². The van der Waals surface area contributed by atoms with Gasteiger partial charge in [0.1, 0.15) is 29.1 Å². The zero-order chi connectivity index (χ0) is 19.2. The molecule has 0 N–H and O–H groups in total. The fourth-order valence-corrected chi connectivity index (χ4v) is 5.40. The molecule has 6 rings (SSSR count). The molecule has 1 unspecified atom stereocenters. The highest BCUT2D eigenvalue weighted by atomic mass is 32.1. The average Bonchev–Trinajstić information content (AvgIpc) is 3.33. The summed E-state index contributed by atoms with van der Waals surface area (Å²) in [4.78, 5) is 14.0. The molecule has 0 radical (unpaired) electrons. The van der Waals surface area contributed by atoms with E-state index in [0.29, 0.717) is 12.0 Å². The Morgan fingerprint density at radius 3 is 2.79 bits per heavy atom. The van der Waals surface area contributed by atoms with Crippen LogP contribution in [0.1, 0.15) is 43.5 Å². The van der Waals surface area contributed by atoms with Crippen LogP contribution in [0.15, 0.2) is 49.1 Å². The van der Waals surface area contributed by atoms with Gasteiger partial charge in [0.15, 0.2) is 0 Å². The first-order valence-corrected chi connectivity index (χ1v) is 11.1. The topological polar surface area (TPSA) is 59.7 Å². The van der Waals surface area contributed by atoms with Crippen LogP contribution in [0.5, 0.6) is 0 Å². The van der Waals surface area contributed by atoms with Gasteiger partial charge in [-0.05, 0) is 37.3 Å². The van der Waals surface area contributed by atoms with Crippen LogP contribution in [0.4, 0.5) is 5.82 Å². The van der Waals surface area contributed by atoms with Gasteiger partial charge in [0.05, 0.1) is 5.39 Å². The third-order valence-corrected chi connectivity index (χ3v) is 7.09. The molecular weight excluding hydrogens is 380 g/mol. The van der Waals surface area contributed by atoms with E-state index in [9.17, 15) is 0 Å². The minimum atomic E-state index is 0.407. The lowest BCUT2D eigenvalue weighted by atomic mass is 9.97. The summed E-state index contributed by atoms with van der Waals surface area (Å²) < 4.78 is 2.31. The van der Waals surface area contributed by atoms with Crippen molar-refractivity contribution in [2.24, 2.45) is 0 Å². The fraction of sp³-hybridized carbons (Fsp3) is 0.364. The molecule has 4 heterocycles. The second-order valence-electron chi connectivity index (χ2n) is 8.01. The Morgan fingerprint density at radius 2 is 1.93 bits per heavy atom. The number of hydrogen-bond donors (Lipinski definition) is 0. The predicted molar refractivity (Wildman–Crippen MR) is 115 cm³/mol. The summed E-state index contributed by atoms with van der Waals surface area (Å²) in [5.74, 6) is 2.61. The van der Waals surface area contributed by atoms with E-state index in [4.69, 9.17) is 4.98 Å². The lowest BCUT2D eigenvalue weighted by Crippen LogP contribution is -2.36. The molecule has 2 fully saturated rings. The highest BCUT2D eigenvalue weighted by molar-refractivity contribution is 7.21. The normalized spacial score (nSPS) is 19.7. The number of piperidine rings is 1. The third kappa shape index (κ3) is 3.09. The Morgan fingerprint density at radius 1 is 1.03 bits per heavy atom. The van der Waals surface area contributed by atoms with Crippen molar-refractivity contribution in [1.29, 1.82) is 0 Å². The number of hydrogen-bond acceptors (Lipinski definition) is 6. The monoisotopic (exact) mass is 402 g/mol. The summed E-state index contributed by atoms with van der Waals surface area (Å²) in [7, 11) is 0. The smallest absolute Gasteiger partial charge is 0.140 e. The average molecular weight is 403 g/mol. The minimum Gasteiger partial charge on any atom is -0.355 e. The summed E-state index contributed by atoms with van der Waals surface area (Å²) in [6, 6.07) is 13.4. The second kappa shape index (κ2) is 6.91. The van der Waals surface area contributed by atoms with Crippen molar-refractivity contribution in [3.8, 4) is 10.4 Å². The second-order valence-corrected chi connectivity index (χ2v) is 9.04. The molecule has 7 heteroatoms. The molecule has 1 saturated carbocycles. The maximum atomic E-state index is 4.70. The number of nitrogens with zero attached hydrogens (tertiary/aromatic N) is 6. The van der Waals surface area contributed by atoms with Crippen molar-refractivity contribution in [1.82, 2.24) is 24.7 Å². The van der Waals surface area contributed by atoms with E-state index in [1.54, 1.807) is 17.7 Å². The number of rotatable bonds is 4. The molecule has 146 valence electrons. The molecule has 1 aliphatic carbocycles. The molecule has 4 aromatic rings. The first-order valence-electron chi connectivity index (χ1n) is 10.3. The molecular formula is C22H22N6S. The van der Waals surface area contributed by atoms with Gasteiger partial charge < -0.3 is 9.47 Å². The van der Waals surface area contributed by atoms with Crippen LogP contribution in [-0.2, 0) is 0 Å². The molecule has 1 saturated heterocycles. The van der Waals surface area contributed by atoms with Crippen molar-refractivity contribution < 1.29 is 0 Å². The Labute approximate surface area is 173 Å². The van der Waals surface area contributed by atoms with E-state index < -0.39 is 0 Å². The molecule has 1 aromatic carbocycles. The molecule has 1 atom stereocenters. The van der Waals surface area contributed by atoms with E-state index in [1.807, 2.05) is 6.33 Å². The summed E-state index contributed by atoms with van der Waals surface area (Å²) in [5.41, 5.74) is 1.23. The van der Waals surface area contributed by atoms with Crippen LogP contribution < -0.4 is 4.90 Å². The lowest BCUT2D eigenvalue weighted by molar-refractivity contribution is 0.469. The van der Waals surface area contributed by atoms with E-state index in [1.165, 1.54) is 23.3 Å². The highest BCUT2D eigenvalue weighted by Crippen LogP contribution is 2.40. The highest BCUT2D eigenvalue weighted by Gasteiger charge is 2.32. The van der Waals surface area contributed by atoms with E-state index >= 15 is 0 Å². The summed E-state index contributed by atoms with van der Waals surface area (Å²) in [5, 5.41) is 9.86. The molecule has 0 spiro atoms. The fourth-order valence-electron chi connectivity index (χ4n) is 4.40. The Kier molecular flexibility index (Phi) is 4.08. The Hall–Kier alpha value is -2.80. The predicted octanol–water partition coefficient (Wildman–Crippen LogP) is 4.67. The molecule has 3 aromatic heterocycles. The maximum Gasteiger partial charge on any atom is 0.140 e. The number of aromatic nitrogens is 5. The summed E-state index contributed by atoms with van der Waals surface area (Å²) in [6.45, 7) is 1.96. The van der Waals surface area contributed by atoms with Gasteiger partial charge in [-0.2, -0.15) is 0 Å². The van der Waals surface area contributed by atoms with E-state index in [2.05, 4.69) is 61.0 Å². The van der Waals surface area contributed by atoms with E-state index in [-0.39, 0.29) is 0 Å². The van der Waals surface area contributed by atoms with Crippen LogP contribution in [0.25, 0.3) is 20.7 Å². The zero-order valence-electron chi connectivity index (χ0n) is 16.1. The van der Waals surface area contributed by atoms with Crippen molar-refractivity contribution in [3.05, 3.63) is 54.9 Å². The van der Waals surface area contributed by atoms with Gasteiger partial charge in [-0.3, -0.25) is 0 Å². The van der Waals surface area contributed by atoms with Gasteiger partial charge in [0.2, 0.25) is 0 Å². The van der Waals surface area contributed by atoms with Crippen LogP contribution in [0, 0.1) is 0 Å². The van der Waals surface area contributed by atoms with Crippen LogP contribution in [0.3, 0.4) is 0 Å². The standard InChI is InChI=1S/C22H22N6S/c1-2-5-15(6-3-1)19-11-18-21(23-13-24-22(18)29-19)27-10-4-7-16(12-27)20-26-25-14-28(20)17-8-9-17/h1-3,5-6,11,13-14,16-17H,4,7-10,12H2. The van der Waals surface area contributed by atoms with Gasteiger partial charge in [0, 0.05) is 29.9 Å². The quantitative estimate of drug-likeness (QED) is 0.496. The molecule has 0 amide bonds. The largest absolute Gasteiger partial charge is 0.355 e. The minimum absolute atomic E-state index is 0.407. The Bertz CT molecular complexity index is 1150. The van der Waals surface area contributed by atoms with Gasteiger partial charge in [-0.1, -0.05) is 30.3 Å². The van der Waals surface area contributed by atoms with Gasteiger partial charge in [-0.25, -0.2) is 9.97 Å². The van der Waals surface area contributed by atoms with Gasteiger partial charge in [-0.15, -0.1) is 21.5 Å². The van der Waals surface area contributed by atoms with Gasteiger partial charge >= 0.3 is 0 Å². The van der Waals surface area contributed by atoms with Crippen LogP contribution in [-0.4, -0.2) is 37.8 Å². The number of anilines is 1. The molecule has 2 aliphatic rings. The molecule has 0 bridgehead atoms. The molecule has 6 nitrogen and oxygen atoms in total. The third-order valence-electron chi connectivity index (χ3n) is 5.99. The van der Waals surface area contributed by atoms with Crippen molar-refractivity contribution in [2.45, 2.75) is 37.6 Å².